The van der Waals surface area contributed by atoms with Crippen molar-refractivity contribution in [3.8, 4) is 0 Å². The molecular weight excluding hydrogens is 370 g/mol. The minimum Gasteiger partial charge on any atom is -0.336 e. The number of amides is 2. The number of aryl methyl sites for hydroxylation is 1. The second-order valence-corrected chi connectivity index (χ2v) is 7.58. The standard InChI is InChI=1S/C22H23N3O2S/c1-25(16-19-8-2-3-13-23-19)22(27)17-7-4-9-18(15-17)24-21(26)12-5-10-20-11-6-14-28-20/h2-4,6-9,11,13-15H,5,10,12,16H2,1H3,(H,24,26). The molecule has 0 aliphatic rings. The lowest BCUT2D eigenvalue weighted by atomic mass is 10.1. The van der Waals surface area contributed by atoms with Gasteiger partial charge in [-0.1, -0.05) is 18.2 Å². The number of nitrogens with one attached hydrogen (secondary N) is 1. The summed E-state index contributed by atoms with van der Waals surface area (Å²) in [6, 6.07) is 16.8. The molecule has 0 aliphatic heterocycles. The molecule has 0 atom stereocenters. The van der Waals surface area contributed by atoms with Gasteiger partial charge >= 0.3 is 0 Å². The van der Waals surface area contributed by atoms with Crippen LogP contribution >= 0.6 is 11.3 Å². The second-order valence-electron chi connectivity index (χ2n) is 6.54. The molecule has 0 saturated carbocycles. The van der Waals surface area contributed by atoms with Gasteiger partial charge < -0.3 is 10.2 Å². The van der Waals surface area contributed by atoms with Gasteiger partial charge in [0.05, 0.1) is 12.2 Å². The maximum atomic E-state index is 12.7. The summed E-state index contributed by atoms with van der Waals surface area (Å²) < 4.78 is 0. The first-order chi connectivity index (χ1) is 13.6. The van der Waals surface area contributed by atoms with Crippen LogP contribution < -0.4 is 5.32 Å². The summed E-state index contributed by atoms with van der Waals surface area (Å²) in [6.45, 7) is 0.430. The Morgan fingerprint density at radius 2 is 2.00 bits per heavy atom. The number of anilines is 1. The van der Waals surface area contributed by atoms with Gasteiger partial charge in [0, 0.05) is 35.8 Å². The van der Waals surface area contributed by atoms with E-state index in [-0.39, 0.29) is 11.8 Å². The van der Waals surface area contributed by atoms with Crippen LogP contribution in [-0.2, 0) is 17.8 Å². The third kappa shape index (κ3) is 5.76. The van der Waals surface area contributed by atoms with Crippen LogP contribution in [0.3, 0.4) is 0 Å². The van der Waals surface area contributed by atoms with Crippen LogP contribution in [0, 0.1) is 0 Å². The van der Waals surface area contributed by atoms with Crippen LogP contribution in [0.2, 0.25) is 0 Å². The van der Waals surface area contributed by atoms with E-state index in [1.54, 1.807) is 53.7 Å². The van der Waals surface area contributed by atoms with E-state index in [1.807, 2.05) is 29.6 Å². The molecule has 0 aliphatic carbocycles. The second kappa shape index (κ2) is 9.80. The lowest BCUT2D eigenvalue weighted by Gasteiger charge is -2.17. The predicted octanol–water partition coefficient (Wildman–Crippen LogP) is 4.38. The summed E-state index contributed by atoms with van der Waals surface area (Å²) in [5.41, 5.74) is 2.00. The molecule has 0 spiro atoms. The van der Waals surface area contributed by atoms with Crippen molar-refractivity contribution in [3.05, 3.63) is 82.3 Å². The van der Waals surface area contributed by atoms with E-state index in [0.29, 0.717) is 24.2 Å². The van der Waals surface area contributed by atoms with Crippen molar-refractivity contribution >= 4 is 28.8 Å². The number of pyridine rings is 1. The van der Waals surface area contributed by atoms with Crippen molar-refractivity contribution < 1.29 is 9.59 Å². The minimum absolute atomic E-state index is 0.0389. The number of thiophene rings is 1. The Morgan fingerprint density at radius 1 is 1.11 bits per heavy atom. The molecule has 2 aromatic heterocycles. The van der Waals surface area contributed by atoms with Gasteiger partial charge in [-0.3, -0.25) is 14.6 Å². The Morgan fingerprint density at radius 3 is 2.75 bits per heavy atom. The minimum atomic E-state index is -0.112. The largest absolute Gasteiger partial charge is 0.336 e. The van der Waals surface area contributed by atoms with Crippen LogP contribution in [-0.4, -0.2) is 28.7 Å². The molecule has 144 valence electrons. The number of aromatic nitrogens is 1. The third-order valence-corrected chi connectivity index (χ3v) is 5.21. The van der Waals surface area contributed by atoms with Crippen molar-refractivity contribution in [2.24, 2.45) is 0 Å². The average Bonchev–Trinajstić information content (AvgIpc) is 3.22. The molecule has 3 aromatic rings. The van der Waals surface area contributed by atoms with E-state index in [0.717, 1.165) is 18.5 Å². The zero-order valence-electron chi connectivity index (χ0n) is 15.8. The van der Waals surface area contributed by atoms with Crippen LogP contribution in [0.1, 0.15) is 33.8 Å². The average molecular weight is 394 g/mol. The molecule has 2 amide bonds. The van der Waals surface area contributed by atoms with Crippen LogP contribution in [0.4, 0.5) is 5.69 Å². The first-order valence-electron chi connectivity index (χ1n) is 9.19. The molecule has 2 heterocycles. The maximum Gasteiger partial charge on any atom is 0.254 e. The van der Waals surface area contributed by atoms with E-state index < -0.39 is 0 Å². The number of carbonyl (C=O) groups excluding carboxylic acids is 2. The first kappa shape index (κ1) is 19.8. The van der Waals surface area contributed by atoms with Gasteiger partial charge in [0.25, 0.3) is 5.91 Å². The monoisotopic (exact) mass is 393 g/mol. The number of nitrogens with zero attached hydrogens (tertiary/aromatic N) is 2. The zero-order chi connectivity index (χ0) is 19.8. The summed E-state index contributed by atoms with van der Waals surface area (Å²) in [4.78, 5) is 32.0. The normalized spacial score (nSPS) is 10.5. The fourth-order valence-electron chi connectivity index (χ4n) is 2.86. The van der Waals surface area contributed by atoms with Crippen molar-refractivity contribution in [2.75, 3.05) is 12.4 Å². The summed E-state index contributed by atoms with van der Waals surface area (Å²) >= 11 is 1.71. The van der Waals surface area contributed by atoms with Crippen LogP contribution in [0.25, 0.3) is 0 Å². The molecule has 3 rings (SSSR count). The molecule has 0 saturated heterocycles. The molecule has 1 N–H and O–H groups in total. The SMILES string of the molecule is CN(Cc1ccccn1)C(=O)c1cccc(NC(=O)CCCc2cccs2)c1. The van der Waals surface area contributed by atoms with Gasteiger partial charge in [0.1, 0.15) is 0 Å². The van der Waals surface area contributed by atoms with Gasteiger partial charge in [-0.15, -0.1) is 11.3 Å². The van der Waals surface area contributed by atoms with Crippen molar-refractivity contribution in [1.29, 1.82) is 0 Å². The van der Waals surface area contributed by atoms with Crippen molar-refractivity contribution in [1.82, 2.24) is 9.88 Å². The van der Waals surface area contributed by atoms with Gasteiger partial charge in [-0.05, 0) is 54.6 Å². The van der Waals surface area contributed by atoms with E-state index in [2.05, 4.69) is 16.4 Å². The topological polar surface area (TPSA) is 62.3 Å². The number of hydrogen-bond acceptors (Lipinski definition) is 4. The van der Waals surface area contributed by atoms with E-state index in [1.165, 1.54) is 4.88 Å². The van der Waals surface area contributed by atoms with Gasteiger partial charge in [0.2, 0.25) is 5.91 Å². The number of rotatable bonds is 8. The van der Waals surface area contributed by atoms with Crippen LogP contribution in [0.5, 0.6) is 0 Å². The zero-order valence-corrected chi connectivity index (χ0v) is 16.6. The third-order valence-electron chi connectivity index (χ3n) is 4.27. The summed E-state index contributed by atoms with van der Waals surface area (Å²) in [7, 11) is 1.74. The highest BCUT2D eigenvalue weighted by atomic mass is 32.1. The lowest BCUT2D eigenvalue weighted by molar-refractivity contribution is -0.116. The fourth-order valence-corrected chi connectivity index (χ4v) is 3.61. The lowest BCUT2D eigenvalue weighted by Crippen LogP contribution is -2.26. The van der Waals surface area contributed by atoms with Crippen molar-refractivity contribution in [3.63, 3.8) is 0 Å². The highest BCUT2D eigenvalue weighted by molar-refractivity contribution is 7.09. The highest BCUT2D eigenvalue weighted by Crippen LogP contribution is 2.15. The molecular formula is C22H23N3O2S. The molecule has 28 heavy (non-hydrogen) atoms. The number of carbonyl (C=O) groups is 2. The Balaban J connectivity index is 1.53. The van der Waals surface area contributed by atoms with Crippen LogP contribution in [0.15, 0.2) is 66.2 Å². The van der Waals surface area contributed by atoms with E-state index in [9.17, 15) is 9.59 Å². The quantitative estimate of drug-likeness (QED) is 0.618. The Bertz CT molecular complexity index is 911. The molecule has 6 heteroatoms. The van der Waals surface area contributed by atoms with Crippen molar-refractivity contribution in [2.45, 2.75) is 25.8 Å². The van der Waals surface area contributed by atoms with E-state index in [4.69, 9.17) is 0 Å². The molecule has 0 bridgehead atoms. The molecule has 5 nitrogen and oxygen atoms in total. The predicted molar refractivity (Wildman–Crippen MR) is 112 cm³/mol. The number of benzene rings is 1. The molecule has 0 unspecified atom stereocenters. The summed E-state index contributed by atoms with van der Waals surface area (Å²) in [5.74, 6) is -0.151. The Kier molecular flexibility index (Phi) is 6.92. The number of hydrogen-bond donors (Lipinski definition) is 1. The smallest absolute Gasteiger partial charge is 0.254 e. The molecule has 0 fully saturated rings. The van der Waals surface area contributed by atoms with Gasteiger partial charge in [0.15, 0.2) is 0 Å². The van der Waals surface area contributed by atoms with Gasteiger partial charge in [-0.25, -0.2) is 0 Å². The molecule has 1 aromatic carbocycles. The summed E-state index contributed by atoms with van der Waals surface area (Å²) in [6.07, 6.45) is 3.87. The highest BCUT2D eigenvalue weighted by Gasteiger charge is 2.13. The molecule has 0 radical (unpaired) electrons. The fraction of sp³-hybridized carbons (Fsp3) is 0.227. The van der Waals surface area contributed by atoms with Gasteiger partial charge in [-0.2, -0.15) is 0 Å². The summed E-state index contributed by atoms with van der Waals surface area (Å²) in [5, 5.41) is 4.93. The first-order valence-corrected chi connectivity index (χ1v) is 10.1. The van der Waals surface area contributed by atoms with E-state index >= 15 is 0 Å². The maximum absolute atomic E-state index is 12.7. The Hall–Kier alpha value is -2.99. The Labute approximate surface area is 169 Å².